The van der Waals surface area contributed by atoms with E-state index in [0.717, 1.165) is 6.42 Å². The lowest BCUT2D eigenvalue weighted by molar-refractivity contribution is -0.126. The van der Waals surface area contributed by atoms with Crippen LogP contribution in [0.3, 0.4) is 0 Å². The monoisotopic (exact) mass is 357 g/mol. The quantitative estimate of drug-likeness (QED) is 0.808. The number of carbonyl (C=O) groups excluding carboxylic acids is 2. The highest BCUT2D eigenvalue weighted by Crippen LogP contribution is 2.20. The van der Waals surface area contributed by atoms with Crippen molar-refractivity contribution in [3.8, 4) is 0 Å². The second-order valence-corrected chi connectivity index (χ2v) is 7.34. The third-order valence-electron chi connectivity index (χ3n) is 4.54. The number of nitrogens with one attached hydrogen (secondary N) is 1. The zero-order valence-corrected chi connectivity index (χ0v) is 14.9. The molecule has 3 N–H and O–H groups in total. The van der Waals surface area contributed by atoms with Crippen LogP contribution in [0.25, 0.3) is 0 Å². The van der Waals surface area contributed by atoms with Gasteiger partial charge in [0, 0.05) is 41.7 Å². The topological polar surface area (TPSA) is 75.4 Å². The molecule has 0 saturated carbocycles. The lowest BCUT2D eigenvalue weighted by Crippen LogP contribution is -2.43. The number of hydrogen-bond donors (Lipinski definition) is 2. The van der Waals surface area contributed by atoms with Crippen molar-refractivity contribution in [3.63, 3.8) is 0 Å². The normalized spacial score (nSPS) is 15.1. The van der Waals surface area contributed by atoms with E-state index in [4.69, 9.17) is 5.73 Å². The molecule has 3 rings (SSSR count). The van der Waals surface area contributed by atoms with Crippen LogP contribution in [0.15, 0.2) is 41.8 Å². The number of nitrogen functional groups attached to an aromatic ring is 1. The molecule has 0 aliphatic carbocycles. The van der Waals surface area contributed by atoms with Crippen LogP contribution in [-0.2, 0) is 11.2 Å². The van der Waals surface area contributed by atoms with Crippen LogP contribution >= 0.6 is 11.3 Å². The van der Waals surface area contributed by atoms with E-state index in [2.05, 4.69) is 11.4 Å². The SMILES string of the molecule is Nc1cccc(C(=O)N2CCC(C(=O)NCCc3cccs3)CC2)c1. The number of benzene rings is 1. The molecule has 1 fully saturated rings. The Morgan fingerprint density at radius 3 is 2.68 bits per heavy atom. The molecule has 0 spiro atoms. The molecule has 1 aromatic carbocycles. The Hall–Kier alpha value is -2.34. The highest BCUT2D eigenvalue weighted by molar-refractivity contribution is 7.09. The Labute approximate surface area is 151 Å². The number of hydrogen-bond acceptors (Lipinski definition) is 4. The van der Waals surface area contributed by atoms with Gasteiger partial charge in [-0.1, -0.05) is 12.1 Å². The fourth-order valence-corrected chi connectivity index (χ4v) is 3.82. The first-order valence-electron chi connectivity index (χ1n) is 8.58. The maximum Gasteiger partial charge on any atom is 0.253 e. The zero-order valence-electron chi connectivity index (χ0n) is 14.1. The van der Waals surface area contributed by atoms with Gasteiger partial charge in [0.15, 0.2) is 0 Å². The maximum absolute atomic E-state index is 12.5. The number of piperidine rings is 1. The number of nitrogens with zero attached hydrogens (tertiary/aromatic N) is 1. The van der Waals surface area contributed by atoms with Crippen molar-refractivity contribution in [1.29, 1.82) is 0 Å². The second kappa shape index (κ2) is 8.16. The molecule has 2 amide bonds. The number of rotatable bonds is 5. The predicted molar refractivity (Wildman–Crippen MR) is 101 cm³/mol. The van der Waals surface area contributed by atoms with Crippen LogP contribution in [0.5, 0.6) is 0 Å². The van der Waals surface area contributed by atoms with Gasteiger partial charge in [-0.05, 0) is 48.9 Å². The molecular weight excluding hydrogens is 334 g/mol. The van der Waals surface area contributed by atoms with Gasteiger partial charge in [0.2, 0.25) is 5.91 Å². The smallest absolute Gasteiger partial charge is 0.253 e. The lowest BCUT2D eigenvalue weighted by atomic mass is 9.95. The maximum atomic E-state index is 12.5. The summed E-state index contributed by atoms with van der Waals surface area (Å²) in [5, 5.41) is 5.07. The van der Waals surface area contributed by atoms with Crippen molar-refractivity contribution in [1.82, 2.24) is 10.2 Å². The largest absolute Gasteiger partial charge is 0.399 e. The van der Waals surface area contributed by atoms with Crippen LogP contribution in [0, 0.1) is 5.92 Å². The summed E-state index contributed by atoms with van der Waals surface area (Å²) in [6.07, 6.45) is 2.29. The Balaban J connectivity index is 1.44. The first-order chi connectivity index (χ1) is 12.1. The van der Waals surface area contributed by atoms with Gasteiger partial charge in [0.05, 0.1) is 0 Å². The number of likely N-dealkylation sites (tertiary alicyclic amines) is 1. The van der Waals surface area contributed by atoms with Gasteiger partial charge in [0.25, 0.3) is 5.91 Å². The van der Waals surface area contributed by atoms with Crippen molar-refractivity contribution in [2.45, 2.75) is 19.3 Å². The Morgan fingerprint density at radius 2 is 2.00 bits per heavy atom. The molecule has 1 aliphatic rings. The van der Waals surface area contributed by atoms with Gasteiger partial charge in [-0.25, -0.2) is 0 Å². The fourth-order valence-electron chi connectivity index (χ4n) is 3.11. The van der Waals surface area contributed by atoms with Crippen LogP contribution in [0.1, 0.15) is 28.1 Å². The third kappa shape index (κ3) is 4.60. The van der Waals surface area contributed by atoms with E-state index in [-0.39, 0.29) is 17.7 Å². The first-order valence-corrected chi connectivity index (χ1v) is 9.46. The molecule has 6 heteroatoms. The van der Waals surface area contributed by atoms with Crippen molar-refractivity contribution < 1.29 is 9.59 Å². The summed E-state index contributed by atoms with van der Waals surface area (Å²) >= 11 is 1.71. The zero-order chi connectivity index (χ0) is 17.6. The average Bonchev–Trinajstić information content (AvgIpc) is 3.14. The highest BCUT2D eigenvalue weighted by Gasteiger charge is 2.27. The van der Waals surface area contributed by atoms with E-state index in [1.807, 2.05) is 16.3 Å². The predicted octanol–water partition coefficient (Wildman–Crippen LogP) is 2.54. The second-order valence-electron chi connectivity index (χ2n) is 6.31. The van der Waals surface area contributed by atoms with Crippen molar-refractivity contribution >= 4 is 28.8 Å². The minimum absolute atomic E-state index is 0.00627. The van der Waals surface area contributed by atoms with E-state index in [1.54, 1.807) is 35.6 Å². The Kier molecular flexibility index (Phi) is 5.71. The number of amides is 2. The summed E-state index contributed by atoms with van der Waals surface area (Å²) in [4.78, 5) is 27.9. The summed E-state index contributed by atoms with van der Waals surface area (Å²) in [6, 6.07) is 11.1. The standard InChI is InChI=1S/C19H23N3O2S/c20-16-4-1-3-15(13-16)19(24)22-10-7-14(8-11-22)18(23)21-9-6-17-5-2-12-25-17/h1-5,12-14H,6-11,20H2,(H,21,23). The molecule has 2 aromatic rings. The average molecular weight is 357 g/mol. The summed E-state index contributed by atoms with van der Waals surface area (Å²) < 4.78 is 0. The highest BCUT2D eigenvalue weighted by atomic mass is 32.1. The first kappa shape index (κ1) is 17.5. The minimum atomic E-state index is -0.0103. The summed E-state index contributed by atoms with van der Waals surface area (Å²) in [7, 11) is 0. The van der Waals surface area contributed by atoms with Gasteiger partial charge in [-0.15, -0.1) is 11.3 Å². The number of thiophene rings is 1. The van der Waals surface area contributed by atoms with Gasteiger partial charge >= 0.3 is 0 Å². The molecular formula is C19H23N3O2S. The van der Waals surface area contributed by atoms with Crippen molar-refractivity contribution in [2.24, 2.45) is 5.92 Å². The van der Waals surface area contributed by atoms with Crippen molar-refractivity contribution in [3.05, 3.63) is 52.2 Å². The number of carbonyl (C=O) groups is 2. The van der Waals surface area contributed by atoms with E-state index in [1.165, 1.54) is 4.88 Å². The molecule has 2 heterocycles. The lowest BCUT2D eigenvalue weighted by Gasteiger charge is -2.31. The molecule has 1 aromatic heterocycles. The molecule has 1 saturated heterocycles. The van der Waals surface area contributed by atoms with Gasteiger partial charge < -0.3 is 16.0 Å². The molecule has 5 nitrogen and oxygen atoms in total. The molecule has 0 bridgehead atoms. The van der Waals surface area contributed by atoms with Gasteiger partial charge in [-0.2, -0.15) is 0 Å². The molecule has 1 aliphatic heterocycles. The molecule has 25 heavy (non-hydrogen) atoms. The Bertz CT molecular complexity index is 722. The van der Waals surface area contributed by atoms with Gasteiger partial charge in [-0.3, -0.25) is 9.59 Å². The third-order valence-corrected chi connectivity index (χ3v) is 5.47. The van der Waals surface area contributed by atoms with Crippen LogP contribution < -0.4 is 11.1 Å². The van der Waals surface area contributed by atoms with Crippen molar-refractivity contribution in [2.75, 3.05) is 25.4 Å². The summed E-state index contributed by atoms with van der Waals surface area (Å²) in [6.45, 7) is 1.88. The van der Waals surface area contributed by atoms with E-state index in [9.17, 15) is 9.59 Å². The molecule has 0 radical (unpaired) electrons. The van der Waals surface area contributed by atoms with Crippen LogP contribution in [-0.4, -0.2) is 36.3 Å². The summed E-state index contributed by atoms with van der Waals surface area (Å²) in [5.74, 6) is 0.0877. The summed E-state index contributed by atoms with van der Waals surface area (Å²) in [5.41, 5.74) is 6.95. The van der Waals surface area contributed by atoms with Crippen LogP contribution in [0.2, 0.25) is 0 Å². The number of nitrogens with two attached hydrogens (primary N) is 1. The minimum Gasteiger partial charge on any atom is -0.399 e. The molecule has 0 unspecified atom stereocenters. The van der Waals surface area contributed by atoms with Gasteiger partial charge in [0.1, 0.15) is 0 Å². The molecule has 0 atom stereocenters. The Morgan fingerprint density at radius 1 is 1.20 bits per heavy atom. The fraction of sp³-hybridized carbons (Fsp3) is 0.368. The molecule has 132 valence electrons. The van der Waals surface area contributed by atoms with E-state index in [0.29, 0.717) is 43.7 Å². The van der Waals surface area contributed by atoms with Crippen LogP contribution in [0.4, 0.5) is 5.69 Å². The number of anilines is 1. The van der Waals surface area contributed by atoms with E-state index < -0.39 is 0 Å². The van der Waals surface area contributed by atoms with E-state index >= 15 is 0 Å².